The highest BCUT2D eigenvalue weighted by atomic mass is 16.4. The Bertz CT molecular complexity index is 460. The van der Waals surface area contributed by atoms with Crippen molar-refractivity contribution in [2.24, 2.45) is 0 Å². The van der Waals surface area contributed by atoms with Crippen LogP contribution >= 0.6 is 0 Å². The Balaban J connectivity index is 3.27. The van der Waals surface area contributed by atoms with Gasteiger partial charge in [0.25, 0.3) is 0 Å². The molecule has 2 N–H and O–H groups in total. The van der Waals surface area contributed by atoms with E-state index in [1.807, 2.05) is 52.8 Å². The molecular formula is C15H23NO2. The van der Waals surface area contributed by atoms with Crippen LogP contribution in [0.3, 0.4) is 0 Å². The van der Waals surface area contributed by atoms with E-state index in [2.05, 4.69) is 5.32 Å². The Hall–Kier alpha value is -1.35. The minimum atomic E-state index is -1.07. The lowest BCUT2D eigenvalue weighted by Crippen LogP contribution is -2.54. The van der Waals surface area contributed by atoms with E-state index in [-0.39, 0.29) is 5.54 Å². The molecule has 0 aromatic heterocycles. The van der Waals surface area contributed by atoms with Crippen LogP contribution in [0, 0.1) is 13.8 Å². The number of aryl methyl sites for hydroxylation is 2. The van der Waals surface area contributed by atoms with Gasteiger partial charge in [0.2, 0.25) is 0 Å². The van der Waals surface area contributed by atoms with Crippen molar-refractivity contribution >= 4 is 5.97 Å². The standard InChI is InChI=1S/C15H23NO2/c1-10-7-8-12(9-11(10)2)15(6,13(17)18)16-14(3,4)5/h7-9,16H,1-6H3,(H,17,18). The first-order chi connectivity index (χ1) is 8.06. The van der Waals surface area contributed by atoms with Crippen LogP contribution in [-0.2, 0) is 10.3 Å². The Kier molecular flexibility index (Phi) is 3.86. The number of benzene rings is 1. The van der Waals surface area contributed by atoms with Crippen LogP contribution in [0.4, 0.5) is 0 Å². The lowest BCUT2D eigenvalue weighted by atomic mass is 9.87. The van der Waals surface area contributed by atoms with Gasteiger partial charge in [0, 0.05) is 5.54 Å². The molecule has 1 aromatic rings. The quantitative estimate of drug-likeness (QED) is 0.865. The van der Waals surface area contributed by atoms with Crippen molar-refractivity contribution < 1.29 is 9.90 Å². The van der Waals surface area contributed by atoms with E-state index >= 15 is 0 Å². The SMILES string of the molecule is Cc1ccc(C(C)(NC(C)(C)C)C(=O)O)cc1C. The van der Waals surface area contributed by atoms with E-state index in [0.29, 0.717) is 0 Å². The Morgan fingerprint density at radius 3 is 2.06 bits per heavy atom. The first-order valence-corrected chi connectivity index (χ1v) is 6.17. The Labute approximate surface area is 109 Å². The summed E-state index contributed by atoms with van der Waals surface area (Å²) in [6.45, 7) is 11.6. The molecule has 0 aliphatic carbocycles. The molecule has 1 aromatic carbocycles. The number of carboxylic acids is 1. The van der Waals surface area contributed by atoms with Gasteiger partial charge in [-0.3, -0.25) is 5.32 Å². The molecule has 100 valence electrons. The van der Waals surface area contributed by atoms with Gasteiger partial charge in [0.15, 0.2) is 0 Å². The van der Waals surface area contributed by atoms with Crippen LogP contribution in [-0.4, -0.2) is 16.6 Å². The summed E-state index contributed by atoms with van der Waals surface area (Å²) in [7, 11) is 0. The van der Waals surface area contributed by atoms with Crippen molar-refractivity contribution in [3.05, 3.63) is 34.9 Å². The molecule has 3 nitrogen and oxygen atoms in total. The highest BCUT2D eigenvalue weighted by Gasteiger charge is 2.38. The molecule has 1 unspecified atom stereocenters. The summed E-state index contributed by atoms with van der Waals surface area (Å²) in [4.78, 5) is 11.6. The fraction of sp³-hybridized carbons (Fsp3) is 0.533. The monoisotopic (exact) mass is 249 g/mol. The zero-order valence-corrected chi connectivity index (χ0v) is 12.1. The molecule has 0 fully saturated rings. The van der Waals surface area contributed by atoms with E-state index in [1.165, 1.54) is 5.56 Å². The molecular weight excluding hydrogens is 226 g/mol. The summed E-state index contributed by atoms with van der Waals surface area (Å²) < 4.78 is 0. The fourth-order valence-corrected chi connectivity index (χ4v) is 2.05. The summed E-state index contributed by atoms with van der Waals surface area (Å²) in [5.41, 5.74) is 1.72. The first kappa shape index (κ1) is 14.7. The normalized spacial score (nSPS) is 15.2. The average Bonchev–Trinajstić information content (AvgIpc) is 2.19. The first-order valence-electron chi connectivity index (χ1n) is 6.17. The average molecular weight is 249 g/mol. The fourth-order valence-electron chi connectivity index (χ4n) is 2.05. The second kappa shape index (κ2) is 4.73. The minimum Gasteiger partial charge on any atom is -0.480 e. The van der Waals surface area contributed by atoms with Gasteiger partial charge in [-0.05, 0) is 58.2 Å². The van der Waals surface area contributed by atoms with Crippen LogP contribution < -0.4 is 5.32 Å². The predicted molar refractivity (Wildman–Crippen MR) is 73.8 cm³/mol. The second-order valence-corrected chi connectivity index (χ2v) is 6.10. The topological polar surface area (TPSA) is 49.3 Å². The van der Waals surface area contributed by atoms with Crippen LogP contribution in [0.1, 0.15) is 44.4 Å². The molecule has 0 radical (unpaired) electrons. The third-order valence-corrected chi connectivity index (χ3v) is 3.14. The van der Waals surface area contributed by atoms with Crippen molar-refractivity contribution in [2.45, 2.75) is 52.6 Å². The number of hydrogen-bond acceptors (Lipinski definition) is 2. The zero-order chi connectivity index (χ0) is 14.1. The molecule has 1 rings (SSSR count). The minimum absolute atomic E-state index is 0.272. The van der Waals surface area contributed by atoms with Crippen molar-refractivity contribution in [3.63, 3.8) is 0 Å². The Morgan fingerprint density at radius 2 is 1.67 bits per heavy atom. The van der Waals surface area contributed by atoms with Gasteiger partial charge < -0.3 is 5.11 Å². The number of nitrogens with one attached hydrogen (secondary N) is 1. The predicted octanol–water partition coefficient (Wildman–Crippen LogP) is 2.99. The number of hydrogen-bond donors (Lipinski definition) is 2. The maximum atomic E-state index is 11.6. The van der Waals surface area contributed by atoms with Crippen LogP contribution in [0.2, 0.25) is 0 Å². The molecule has 3 heteroatoms. The lowest BCUT2D eigenvalue weighted by molar-refractivity contribution is -0.145. The van der Waals surface area contributed by atoms with Gasteiger partial charge in [-0.1, -0.05) is 18.2 Å². The van der Waals surface area contributed by atoms with Crippen molar-refractivity contribution in [1.82, 2.24) is 5.32 Å². The summed E-state index contributed by atoms with van der Waals surface area (Å²) in [6, 6.07) is 5.80. The van der Waals surface area contributed by atoms with Gasteiger partial charge in [-0.25, -0.2) is 4.79 Å². The maximum absolute atomic E-state index is 11.6. The van der Waals surface area contributed by atoms with Crippen LogP contribution in [0.15, 0.2) is 18.2 Å². The Morgan fingerprint density at radius 1 is 1.11 bits per heavy atom. The molecule has 0 aliphatic heterocycles. The van der Waals surface area contributed by atoms with E-state index < -0.39 is 11.5 Å². The highest BCUT2D eigenvalue weighted by molar-refractivity contribution is 5.80. The molecule has 0 heterocycles. The third kappa shape index (κ3) is 3.10. The van der Waals surface area contributed by atoms with Gasteiger partial charge >= 0.3 is 5.97 Å². The van der Waals surface area contributed by atoms with Gasteiger partial charge in [0.1, 0.15) is 5.54 Å². The molecule has 0 saturated heterocycles. The van der Waals surface area contributed by atoms with Crippen molar-refractivity contribution in [1.29, 1.82) is 0 Å². The molecule has 0 amide bonds. The van der Waals surface area contributed by atoms with E-state index in [1.54, 1.807) is 6.92 Å². The molecule has 1 atom stereocenters. The van der Waals surface area contributed by atoms with E-state index in [4.69, 9.17) is 0 Å². The van der Waals surface area contributed by atoms with Gasteiger partial charge in [-0.2, -0.15) is 0 Å². The molecule has 0 bridgehead atoms. The number of carbonyl (C=O) groups is 1. The summed E-state index contributed by atoms with van der Waals surface area (Å²) in [5, 5.41) is 12.7. The second-order valence-electron chi connectivity index (χ2n) is 6.10. The summed E-state index contributed by atoms with van der Waals surface area (Å²) in [6.07, 6.45) is 0. The highest BCUT2D eigenvalue weighted by Crippen LogP contribution is 2.26. The third-order valence-electron chi connectivity index (χ3n) is 3.14. The largest absolute Gasteiger partial charge is 0.480 e. The lowest BCUT2D eigenvalue weighted by Gasteiger charge is -2.35. The van der Waals surface area contributed by atoms with Crippen molar-refractivity contribution in [3.8, 4) is 0 Å². The molecule has 0 saturated carbocycles. The van der Waals surface area contributed by atoms with Crippen LogP contribution in [0.25, 0.3) is 0 Å². The number of rotatable bonds is 3. The molecule has 0 aliphatic rings. The number of carboxylic acid groups (broad SMARTS) is 1. The smallest absolute Gasteiger partial charge is 0.328 e. The van der Waals surface area contributed by atoms with Gasteiger partial charge in [0.05, 0.1) is 0 Å². The summed E-state index contributed by atoms with van der Waals surface area (Å²) in [5.74, 6) is -0.860. The summed E-state index contributed by atoms with van der Waals surface area (Å²) >= 11 is 0. The van der Waals surface area contributed by atoms with E-state index in [0.717, 1.165) is 11.1 Å². The van der Waals surface area contributed by atoms with Crippen LogP contribution in [0.5, 0.6) is 0 Å². The maximum Gasteiger partial charge on any atom is 0.328 e. The number of aliphatic carboxylic acids is 1. The van der Waals surface area contributed by atoms with E-state index in [9.17, 15) is 9.90 Å². The molecule has 0 spiro atoms. The molecule has 18 heavy (non-hydrogen) atoms. The van der Waals surface area contributed by atoms with Gasteiger partial charge in [-0.15, -0.1) is 0 Å². The zero-order valence-electron chi connectivity index (χ0n) is 12.1. The van der Waals surface area contributed by atoms with Crippen molar-refractivity contribution in [2.75, 3.05) is 0 Å².